The van der Waals surface area contributed by atoms with Crippen molar-refractivity contribution >= 4 is 17.2 Å². The van der Waals surface area contributed by atoms with Crippen LogP contribution in [0.5, 0.6) is 0 Å². The lowest BCUT2D eigenvalue weighted by Gasteiger charge is -2.30. The van der Waals surface area contributed by atoms with Gasteiger partial charge in [-0.25, -0.2) is 0 Å². The third-order valence-corrected chi connectivity index (χ3v) is 3.38. The second kappa shape index (κ2) is 5.66. The summed E-state index contributed by atoms with van der Waals surface area (Å²) in [4.78, 5) is 3.05. The van der Waals surface area contributed by atoms with E-state index in [4.69, 9.17) is 18.0 Å². The van der Waals surface area contributed by atoms with Crippen molar-refractivity contribution in [2.75, 3.05) is 13.1 Å². The normalized spacial score (nSPS) is 12.5. The number of thiocarbonyl (C=S) groups is 1. The van der Waals surface area contributed by atoms with Gasteiger partial charge in [0, 0.05) is 11.5 Å². The number of rotatable bonds is 6. The lowest BCUT2D eigenvalue weighted by atomic mass is 9.89. The highest BCUT2D eigenvalue weighted by Crippen LogP contribution is 2.21. The quantitative estimate of drug-likeness (QED) is 0.691. The van der Waals surface area contributed by atoms with Crippen molar-refractivity contribution in [2.45, 2.75) is 47.1 Å². The molecule has 0 aromatic rings. The number of hydrogen-bond acceptors (Lipinski definition) is 2. The standard InChI is InChI=1S/C11H24N2S/c1-6-13(9(2)3)8-7-11(4,5)10(12)14/h9H,6-8H2,1-5H3,(H2,12,14). The molecule has 0 aromatic heterocycles. The van der Waals surface area contributed by atoms with Crippen LogP contribution in [0, 0.1) is 5.41 Å². The molecule has 3 heteroatoms. The molecule has 0 amide bonds. The Hall–Kier alpha value is -0.150. The minimum absolute atomic E-state index is 0.0162. The summed E-state index contributed by atoms with van der Waals surface area (Å²) >= 11 is 5.04. The molecule has 84 valence electrons. The zero-order chi connectivity index (χ0) is 11.4. The molecule has 0 atom stereocenters. The third kappa shape index (κ3) is 4.38. The van der Waals surface area contributed by atoms with Gasteiger partial charge in [0.05, 0.1) is 4.99 Å². The molecule has 0 aliphatic rings. The summed E-state index contributed by atoms with van der Waals surface area (Å²) in [5.41, 5.74) is 5.67. The molecule has 0 aliphatic heterocycles. The first-order valence-corrected chi connectivity index (χ1v) is 5.76. The monoisotopic (exact) mass is 216 g/mol. The van der Waals surface area contributed by atoms with Gasteiger partial charge in [0.2, 0.25) is 0 Å². The summed E-state index contributed by atoms with van der Waals surface area (Å²) in [5.74, 6) is 0. The van der Waals surface area contributed by atoms with Crippen LogP contribution in [-0.2, 0) is 0 Å². The van der Waals surface area contributed by atoms with E-state index in [1.54, 1.807) is 0 Å². The predicted octanol–water partition coefficient (Wildman–Crippen LogP) is 2.42. The predicted molar refractivity (Wildman–Crippen MR) is 67.6 cm³/mol. The maximum atomic E-state index is 5.69. The molecule has 0 saturated carbocycles. The molecule has 2 nitrogen and oxygen atoms in total. The van der Waals surface area contributed by atoms with Crippen molar-refractivity contribution in [2.24, 2.45) is 11.1 Å². The highest BCUT2D eigenvalue weighted by atomic mass is 32.1. The molecule has 0 spiro atoms. The van der Waals surface area contributed by atoms with E-state index in [9.17, 15) is 0 Å². The first kappa shape index (κ1) is 13.8. The lowest BCUT2D eigenvalue weighted by molar-refractivity contribution is 0.211. The Morgan fingerprint density at radius 2 is 1.93 bits per heavy atom. The Balaban J connectivity index is 4.09. The van der Waals surface area contributed by atoms with E-state index >= 15 is 0 Å². The Morgan fingerprint density at radius 3 is 2.21 bits per heavy atom. The summed E-state index contributed by atoms with van der Waals surface area (Å²) in [7, 11) is 0. The number of hydrogen-bond donors (Lipinski definition) is 1. The Bertz CT molecular complexity index is 188. The van der Waals surface area contributed by atoms with Crippen molar-refractivity contribution in [3.8, 4) is 0 Å². The zero-order valence-electron chi connectivity index (χ0n) is 10.1. The Morgan fingerprint density at radius 1 is 1.43 bits per heavy atom. The fourth-order valence-corrected chi connectivity index (χ4v) is 1.43. The molecule has 0 fully saturated rings. The van der Waals surface area contributed by atoms with Crippen molar-refractivity contribution < 1.29 is 0 Å². The van der Waals surface area contributed by atoms with Crippen LogP contribution in [0.2, 0.25) is 0 Å². The maximum absolute atomic E-state index is 5.69. The van der Waals surface area contributed by atoms with Gasteiger partial charge in [-0.2, -0.15) is 0 Å². The number of nitrogens with two attached hydrogens (primary N) is 1. The smallest absolute Gasteiger partial charge is 0.0784 e. The fraction of sp³-hybridized carbons (Fsp3) is 0.909. The first-order valence-electron chi connectivity index (χ1n) is 5.35. The maximum Gasteiger partial charge on any atom is 0.0784 e. The van der Waals surface area contributed by atoms with Gasteiger partial charge in [-0.1, -0.05) is 33.0 Å². The van der Waals surface area contributed by atoms with Gasteiger partial charge < -0.3 is 10.6 Å². The van der Waals surface area contributed by atoms with Gasteiger partial charge in [-0.05, 0) is 33.4 Å². The first-order chi connectivity index (χ1) is 6.31. The van der Waals surface area contributed by atoms with E-state index in [0.29, 0.717) is 11.0 Å². The van der Waals surface area contributed by atoms with E-state index in [0.717, 1.165) is 19.5 Å². The van der Waals surface area contributed by atoms with E-state index < -0.39 is 0 Å². The average molecular weight is 216 g/mol. The molecule has 2 N–H and O–H groups in total. The minimum Gasteiger partial charge on any atom is -0.393 e. The van der Waals surface area contributed by atoms with Gasteiger partial charge in [-0.15, -0.1) is 0 Å². The van der Waals surface area contributed by atoms with Crippen LogP contribution >= 0.6 is 12.2 Å². The van der Waals surface area contributed by atoms with E-state index in [1.807, 2.05) is 0 Å². The second-order valence-electron chi connectivity index (χ2n) is 4.72. The molecule has 14 heavy (non-hydrogen) atoms. The molecule has 0 heterocycles. The molecule has 0 aromatic carbocycles. The minimum atomic E-state index is -0.0162. The van der Waals surface area contributed by atoms with E-state index in [1.165, 1.54) is 0 Å². The molecular weight excluding hydrogens is 192 g/mol. The Labute approximate surface area is 93.8 Å². The molecule has 0 saturated heterocycles. The summed E-state index contributed by atoms with van der Waals surface area (Å²) in [6.07, 6.45) is 1.04. The SMILES string of the molecule is CCN(CCC(C)(C)C(N)=S)C(C)C. The zero-order valence-corrected chi connectivity index (χ0v) is 10.9. The highest BCUT2D eigenvalue weighted by molar-refractivity contribution is 7.80. The van der Waals surface area contributed by atoms with Gasteiger partial charge >= 0.3 is 0 Å². The summed E-state index contributed by atoms with van der Waals surface area (Å²) in [6.45, 7) is 13.0. The van der Waals surface area contributed by atoms with Crippen LogP contribution < -0.4 is 5.73 Å². The summed E-state index contributed by atoms with van der Waals surface area (Å²) in [6, 6.07) is 0.599. The van der Waals surface area contributed by atoms with Crippen LogP contribution in [0.1, 0.15) is 41.0 Å². The topological polar surface area (TPSA) is 29.3 Å². The molecule has 0 radical (unpaired) electrons. The largest absolute Gasteiger partial charge is 0.393 e. The van der Waals surface area contributed by atoms with Crippen LogP contribution in [0.4, 0.5) is 0 Å². The van der Waals surface area contributed by atoms with E-state index in [-0.39, 0.29) is 5.41 Å². The van der Waals surface area contributed by atoms with Crippen molar-refractivity contribution in [1.82, 2.24) is 4.90 Å². The van der Waals surface area contributed by atoms with Crippen LogP contribution in [0.15, 0.2) is 0 Å². The van der Waals surface area contributed by atoms with Crippen molar-refractivity contribution in [1.29, 1.82) is 0 Å². The average Bonchev–Trinajstić information content (AvgIpc) is 2.04. The van der Waals surface area contributed by atoms with Gasteiger partial charge in [0.1, 0.15) is 0 Å². The highest BCUT2D eigenvalue weighted by Gasteiger charge is 2.22. The molecule has 0 rings (SSSR count). The summed E-state index contributed by atoms with van der Waals surface area (Å²) < 4.78 is 0. The lowest BCUT2D eigenvalue weighted by Crippen LogP contribution is -2.37. The van der Waals surface area contributed by atoms with Crippen LogP contribution in [-0.4, -0.2) is 29.0 Å². The van der Waals surface area contributed by atoms with Gasteiger partial charge in [0.25, 0.3) is 0 Å². The molecule has 0 unspecified atom stereocenters. The van der Waals surface area contributed by atoms with Crippen molar-refractivity contribution in [3.05, 3.63) is 0 Å². The van der Waals surface area contributed by atoms with Crippen molar-refractivity contribution in [3.63, 3.8) is 0 Å². The van der Waals surface area contributed by atoms with E-state index in [2.05, 4.69) is 39.5 Å². The molecule has 0 aliphatic carbocycles. The fourth-order valence-electron chi connectivity index (χ4n) is 1.33. The third-order valence-electron chi connectivity index (χ3n) is 2.83. The second-order valence-corrected chi connectivity index (χ2v) is 5.16. The summed E-state index contributed by atoms with van der Waals surface area (Å²) in [5, 5.41) is 0. The van der Waals surface area contributed by atoms with Crippen LogP contribution in [0.25, 0.3) is 0 Å². The van der Waals surface area contributed by atoms with Gasteiger partial charge in [0.15, 0.2) is 0 Å². The number of nitrogens with zero attached hydrogens (tertiary/aromatic N) is 1. The molecule has 0 bridgehead atoms. The van der Waals surface area contributed by atoms with Gasteiger partial charge in [-0.3, -0.25) is 0 Å². The molecular formula is C11H24N2S. The Kier molecular flexibility index (Phi) is 5.60. The van der Waals surface area contributed by atoms with Crippen LogP contribution in [0.3, 0.4) is 0 Å².